The van der Waals surface area contributed by atoms with Crippen molar-refractivity contribution in [1.29, 1.82) is 0 Å². The molecule has 1 aromatic rings. The Balaban J connectivity index is 1.43. The number of rotatable bonds is 4. The Hall–Kier alpha value is -1.44. The van der Waals surface area contributed by atoms with E-state index in [9.17, 15) is 4.79 Å². The van der Waals surface area contributed by atoms with Crippen LogP contribution in [0.4, 0.5) is 0 Å². The Labute approximate surface area is 135 Å². The van der Waals surface area contributed by atoms with Crippen LogP contribution in [0, 0.1) is 5.92 Å². The second-order valence-electron chi connectivity index (χ2n) is 6.69. The molecule has 7 heteroatoms. The number of aromatic nitrogens is 1. The summed E-state index contributed by atoms with van der Waals surface area (Å²) in [4.78, 5) is 14.7. The van der Waals surface area contributed by atoms with Crippen LogP contribution in [-0.2, 0) is 9.47 Å². The first kappa shape index (κ1) is 15.1. The molecule has 1 unspecified atom stereocenters. The van der Waals surface area contributed by atoms with Crippen molar-refractivity contribution in [3.8, 4) is 0 Å². The molecule has 4 rings (SSSR count). The van der Waals surface area contributed by atoms with E-state index >= 15 is 0 Å². The van der Waals surface area contributed by atoms with Crippen LogP contribution >= 0.6 is 0 Å². The summed E-state index contributed by atoms with van der Waals surface area (Å²) in [6, 6.07) is 1.97. The number of fused-ring (bicyclic) bond motifs is 1. The van der Waals surface area contributed by atoms with Gasteiger partial charge in [-0.25, -0.2) is 0 Å². The molecule has 0 aromatic carbocycles. The molecule has 3 fully saturated rings. The monoisotopic (exact) mass is 321 g/mol. The van der Waals surface area contributed by atoms with Gasteiger partial charge in [-0.05, 0) is 25.2 Å². The molecular weight excluding hydrogens is 298 g/mol. The molecule has 7 nitrogen and oxygen atoms in total. The van der Waals surface area contributed by atoms with E-state index in [0.717, 1.165) is 52.2 Å². The molecular formula is C16H23N3O4. The second kappa shape index (κ2) is 6.59. The number of nitrogens with one attached hydrogen (secondary N) is 1. The van der Waals surface area contributed by atoms with Crippen LogP contribution in [0.2, 0.25) is 0 Å². The van der Waals surface area contributed by atoms with E-state index in [0.29, 0.717) is 12.0 Å². The topological polar surface area (TPSA) is 76.8 Å². The first-order valence-electron chi connectivity index (χ1n) is 8.46. The Morgan fingerprint density at radius 2 is 2.35 bits per heavy atom. The Morgan fingerprint density at radius 1 is 1.39 bits per heavy atom. The average Bonchev–Trinajstić information content (AvgIpc) is 3.30. The van der Waals surface area contributed by atoms with Gasteiger partial charge in [-0.3, -0.25) is 9.69 Å². The highest BCUT2D eigenvalue weighted by molar-refractivity contribution is 5.91. The maximum atomic E-state index is 12.2. The predicted molar refractivity (Wildman–Crippen MR) is 81.0 cm³/mol. The van der Waals surface area contributed by atoms with E-state index in [1.807, 2.05) is 0 Å². The van der Waals surface area contributed by atoms with Gasteiger partial charge in [0, 0.05) is 38.4 Å². The van der Waals surface area contributed by atoms with Gasteiger partial charge in [0.1, 0.15) is 0 Å². The summed E-state index contributed by atoms with van der Waals surface area (Å²) in [5.41, 5.74) is 0. The summed E-state index contributed by atoms with van der Waals surface area (Å²) in [6.07, 6.45) is 4.90. The van der Waals surface area contributed by atoms with Crippen LogP contribution in [0.3, 0.4) is 0 Å². The predicted octanol–water partition coefficient (Wildman–Crippen LogP) is 0.673. The van der Waals surface area contributed by atoms with E-state index in [1.165, 1.54) is 6.20 Å². The van der Waals surface area contributed by atoms with Crippen molar-refractivity contribution in [1.82, 2.24) is 15.4 Å². The number of carbonyl (C=O) groups is 1. The third-order valence-electron chi connectivity index (χ3n) is 5.13. The van der Waals surface area contributed by atoms with Gasteiger partial charge < -0.3 is 19.3 Å². The van der Waals surface area contributed by atoms with Crippen molar-refractivity contribution < 1.29 is 18.8 Å². The van der Waals surface area contributed by atoms with Crippen LogP contribution in [0.25, 0.3) is 0 Å². The summed E-state index contributed by atoms with van der Waals surface area (Å²) in [7, 11) is 0. The highest BCUT2D eigenvalue weighted by Crippen LogP contribution is 2.30. The lowest BCUT2D eigenvalue weighted by Gasteiger charge is -2.33. The lowest BCUT2D eigenvalue weighted by atomic mass is 10.00. The van der Waals surface area contributed by atoms with Crippen LogP contribution in [0.15, 0.2) is 16.8 Å². The molecule has 3 aliphatic rings. The molecule has 4 heterocycles. The number of likely N-dealkylation sites (tertiary alicyclic amines) is 1. The summed E-state index contributed by atoms with van der Waals surface area (Å²) in [5.74, 6) is 0.632. The standard InChI is InChI=1S/C16H23N3O4/c20-16(14-3-5-17-23-14)18-12-9-19(8-11-4-7-21-10-11)13-2-1-6-22-15(12)13/h3,5,11-13,15H,1-2,4,6-10H2,(H,18,20)/t11?,12-,13+,15+/m0/s1. The molecule has 0 spiro atoms. The van der Waals surface area contributed by atoms with Crippen molar-refractivity contribution in [3.05, 3.63) is 18.0 Å². The molecule has 0 radical (unpaired) electrons. The normalized spacial score (nSPS) is 34.4. The van der Waals surface area contributed by atoms with Crippen LogP contribution in [-0.4, -0.2) is 67.1 Å². The van der Waals surface area contributed by atoms with Crippen molar-refractivity contribution in [2.45, 2.75) is 37.5 Å². The molecule has 0 bridgehead atoms. The van der Waals surface area contributed by atoms with Gasteiger partial charge in [0.25, 0.3) is 5.91 Å². The summed E-state index contributed by atoms with van der Waals surface area (Å²) < 4.78 is 16.4. The maximum absolute atomic E-state index is 12.2. The smallest absolute Gasteiger partial charge is 0.290 e. The first-order valence-corrected chi connectivity index (χ1v) is 8.46. The number of amides is 1. The van der Waals surface area contributed by atoms with Crippen LogP contribution < -0.4 is 5.32 Å². The minimum atomic E-state index is -0.216. The van der Waals surface area contributed by atoms with E-state index < -0.39 is 0 Å². The molecule has 4 atom stereocenters. The Kier molecular flexibility index (Phi) is 4.33. The number of ether oxygens (including phenoxy) is 2. The lowest BCUT2D eigenvalue weighted by Crippen LogP contribution is -2.47. The van der Waals surface area contributed by atoms with Gasteiger partial charge in [-0.1, -0.05) is 5.16 Å². The molecule has 1 aromatic heterocycles. The van der Waals surface area contributed by atoms with Gasteiger partial charge in [0.05, 0.1) is 24.9 Å². The zero-order valence-corrected chi connectivity index (χ0v) is 13.1. The Bertz CT molecular complexity index is 529. The van der Waals surface area contributed by atoms with Gasteiger partial charge in [-0.15, -0.1) is 0 Å². The van der Waals surface area contributed by atoms with Gasteiger partial charge in [0.2, 0.25) is 5.76 Å². The third-order valence-corrected chi connectivity index (χ3v) is 5.13. The molecule has 0 saturated carbocycles. The highest BCUT2D eigenvalue weighted by Gasteiger charge is 2.45. The minimum Gasteiger partial charge on any atom is -0.381 e. The SMILES string of the molecule is O=C(N[C@H]1CN(CC2CCOC2)[C@@H]2CCCO[C@H]12)c1ccno1. The van der Waals surface area contributed by atoms with Crippen LogP contribution in [0.1, 0.15) is 29.8 Å². The Morgan fingerprint density at radius 3 is 3.13 bits per heavy atom. The first-order chi connectivity index (χ1) is 11.3. The van der Waals surface area contributed by atoms with E-state index in [-0.39, 0.29) is 23.8 Å². The van der Waals surface area contributed by atoms with Crippen molar-refractivity contribution >= 4 is 5.91 Å². The molecule has 1 amide bonds. The van der Waals surface area contributed by atoms with Crippen molar-refractivity contribution in [3.63, 3.8) is 0 Å². The van der Waals surface area contributed by atoms with Gasteiger partial charge in [-0.2, -0.15) is 0 Å². The second-order valence-corrected chi connectivity index (χ2v) is 6.69. The molecule has 3 aliphatic heterocycles. The molecule has 126 valence electrons. The third kappa shape index (κ3) is 3.13. The molecule has 0 aliphatic carbocycles. The zero-order chi connectivity index (χ0) is 15.6. The largest absolute Gasteiger partial charge is 0.381 e. The van der Waals surface area contributed by atoms with Crippen molar-refractivity contribution in [2.75, 3.05) is 32.9 Å². The lowest BCUT2D eigenvalue weighted by molar-refractivity contribution is -0.0221. The highest BCUT2D eigenvalue weighted by atomic mass is 16.5. The quantitative estimate of drug-likeness (QED) is 0.878. The van der Waals surface area contributed by atoms with Gasteiger partial charge >= 0.3 is 0 Å². The maximum Gasteiger partial charge on any atom is 0.290 e. The average molecular weight is 321 g/mol. The number of hydrogen-bond acceptors (Lipinski definition) is 6. The van der Waals surface area contributed by atoms with E-state index in [4.69, 9.17) is 14.0 Å². The summed E-state index contributed by atoms with van der Waals surface area (Å²) in [6.45, 7) is 4.35. The van der Waals surface area contributed by atoms with Gasteiger partial charge in [0.15, 0.2) is 0 Å². The fourth-order valence-electron chi connectivity index (χ4n) is 4.02. The molecule has 23 heavy (non-hydrogen) atoms. The minimum absolute atomic E-state index is 0.000205. The summed E-state index contributed by atoms with van der Waals surface area (Å²) >= 11 is 0. The molecule has 3 saturated heterocycles. The number of carbonyl (C=O) groups excluding carboxylic acids is 1. The number of hydrogen-bond donors (Lipinski definition) is 1. The van der Waals surface area contributed by atoms with Crippen LogP contribution in [0.5, 0.6) is 0 Å². The fraction of sp³-hybridized carbons (Fsp3) is 0.750. The fourth-order valence-corrected chi connectivity index (χ4v) is 4.02. The van der Waals surface area contributed by atoms with Crippen molar-refractivity contribution in [2.24, 2.45) is 5.92 Å². The molecule has 1 N–H and O–H groups in total. The van der Waals surface area contributed by atoms with E-state index in [2.05, 4.69) is 15.4 Å². The summed E-state index contributed by atoms with van der Waals surface area (Å²) in [5, 5.41) is 6.66. The number of nitrogens with zero attached hydrogens (tertiary/aromatic N) is 2. The zero-order valence-electron chi connectivity index (χ0n) is 13.1. The van der Waals surface area contributed by atoms with E-state index in [1.54, 1.807) is 6.07 Å².